The number of carboxylic acid groups (broad SMARTS) is 1. The summed E-state index contributed by atoms with van der Waals surface area (Å²) in [6.07, 6.45) is 1.07. The molecule has 1 aromatic rings. The fourth-order valence-electron chi connectivity index (χ4n) is 1.47. The Hall–Kier alpha value is -2.24. The number of carbonyl (C=O) groups is 2. The number of carboxylic acids is 1. The van der Waals surface area contributed by atoms with E-state index in [4.69, 9.17) is 5.11 Å². The maximum atomic E-state index is 13.3. The molecule has 2 N–H and O–H groups in total. The van der Waals surface area contributed by atoms with Gasteiger partial charge in [-0.1, -0.05) is 12.1 Å². The van der Waals surface area contributed by atoms with Crippen molar-refractivity contribution in [1.82, 2.24) is 5.32 Å². The van der Waals surface area contributed by atoms with Crippen LogP contribution in [0.15, 0.2) is 30.9 Å². The third kappa shape index (κ3) is 4.50. The second-order valence-electron chi connectivity index (χ2n) is 3.90. The van der Waals surface area contributed by atoms with Crippen LogP contribution >= 0.6 is 0 Å². The first-order valence-corrected chi connectivity index (χ1v) is 5.51. The summed E-state index contributed by atoms with van der Waals surface area (Å²) in [5.74, 6) is -3.44. The van der Waals surface area contributed by atoms with Gasteiger partial charge in [0, 0.05) is 6.07 Å². The molecule has 0 aromatic heterocycles. The lowest BCUT2D eigenvalue weighted by Crippen LogP contribution is -2.41. The van der Waals surface area contributed by atoms with E-state index in [1.165, 1.54) is 6.08 Å². The van der Waals surface area contributed by atoms with E-state index in [1.807, 2.05) is 0 Å². The van der Waals surface area contributed by atoms with E-state index in [9.17, 15) is 18.4 Å². The molecule has 0 aliphatic heterocycles. The maximum Gasteiger partial charge on any atom is 0.326 e. The molecule has 0 saturated heterocycles. The van der Waals surface area contributed by atoms with E-state index < -0.39 is 29.6 Å². The first kappa shape index (κ1) is 14.8. The highest BCUT2D eigenvalue weighted by Gasteiger charge is 2.19. The summed E-state index contributed by atoms with van der Waals surface area (Å²) in [5.41, 5.74) is 0.00152. The molecular weight excluding hydrogens is 256 g/mol. The number of amides is 1. The van der Waals surface area contributed by atoms with Crippen LogP contribution in [-0.4, -0.2) is 23.0 Å². The fraction of sp³-hybridized carbons (Fsp3) is 0.231. The van der Waals surface area contributed by atoms with Crippen molar-refractivity contribution >= 4 is 11.9 Å². The summed E-state index contributed by atoms with van der Waals surface area (Å²) in [4.78, 5) is 22.4. The molecule has 0 radical (unpaired) electrons. The van der Waals surface area contributed by atoms with Gasteiger partial charge in [-0.25, -0.2) is 13.6 Å². The molecule has 0 unspecified atom stereocenters. The van der Waals surface area contributed by atoms with Gasteiger partial charge in [-0.2, -0.15) is 0 Å². The topological polar surface area (TPSA) is 66.4 Å². The predicted octanol–water partition coefficient (Wildman–Crippen LogP) is 1.65. The lowest BCUT2D eigenvalue weighted by Gasteiger charge is -2.12. The average molecular weight is 269 g/mol. The van der Waals surface area contributed by atoms with Crippen LogP contribution in [0.5, 0.6) is 0 Å². The van der Waals surface area contributed by atoms with Crippen molar-refractivity contribution in [2.24, 2.45) is 0 Å². The third-order valence-electron chi connectivity index (χ3n) is 2.40. The zero-order valence-electron chi connectivity index (χ0n) is 10.0. The number of hydrogen-bond donors (Lipinski definition) is 2. The zero-order chi connectivity index (χ0) is 14.4. The number of benzene rings is 1. The van der Waals surface area contributed by atoms with Crippen LogP contribution in [-0.2, 0) is 16.0 Å². The van der Waals surface area contributed by atoms with E-state index in [0.29, 0.717) is 6.07 Å². The van der Waals surface area contributed by atoms with Gasteiger partial charge in [0.1, 0.15) is 17.7 Å². The molecule has 1 atom stereocenters. The number of rotatable bonds is 6. The van der Waals surface area contributed by atoms with Crippen molar-refractivity contribution in [2.45, 2.75) is 18.9 Å². The summed E-state index contributed by atoms with van der Waals surface area (Å²) in [5, 5.41) is 11.1. The average Bonchev–Trinajstić information content (AvgIpc) is 2.32. The van der Waals surface area contributed by atoms with E-state index in [2.05, 4.69) is 11.9 Å². The molecule has 0 aliphatic carbocycles. The minimum absolute atomic E-state index is 0.00152. The van der Waals surface area contributed by atoms with Gasteiger partial charge in [0.05, 0.1) is 6.42 Å². The van der Waals surface area contributed by atoms with E-state index in [-0.39, 0.29) is 18.4 Å². The molecule has 0 fully saturated rings. The highest BCUT2D eigenvalue weighted by Crippen LogP contribution is 2.10. The lowest BCUT2D eigenvalue weighted by atomic mass is 10.1. The van der Waals surface area contributed by atoms with Crippen molar-refractivity contribution in [1.29, 1.82) is 0 Å². The first-order chi connectivity index (χ1) is 8.93. The van der Waals surface area contributed by atoms with Gasteiger partial charge >= 0.3 is 5.97 Å². The summed E-state index contributed by atoms with van der Waals surface area (Å²) in [7, 11) is 0. The number of hydrogen-bond acceptors (Lipinski definition) is 2. The van der Waals surface area contributed by atoms with Crippen molar-refractivity contribution in [3.05, 3.63) is 48.1 Å². The van der Waals surface area contributed by atoms with Crippen LogP contribution in [0, 0.1) is 11.6 Å². The quantitative estimate of drug-likeness (QED) is 0.772. The highest BCUT2D eigenvalue weighted by molar-refractivity contribution is 5.84. The summed E-state index contributed by atoms with van der Waals surface area (Å²) in [6, 6.07) is 1.74. The van der Waals surface area contributed by atoms with Gasteiger partial charge in [-0.3, -0.25) is 4.79 Å². The molecule has 0 bridgehead atoms. The van der Waals surface area contributed by atoms with Crippen LogP contribution < -0.4 is 5.32 Å². The Morgan fingerprint density at radius 1 is 1.42 bits per heavy atom. The Kier molecular flexibility index (Phi) is 5.17. The van der Waals surface area contributed by atoms with Gasteiger partial charge < -0.3 is 10.4 Å². The van der Waals surface area contributed by atoms with E-state index in [0.717, 1.165) is 12.1 Å². The van der Waals surface area contributed by atoms with Crippen LogP contribution in [0.2, 0.25) is 0 Å². The molecule has 1 rings (SSSR count). The maximum absolute atomic E-state index is 13.3. The normalized spacial score (nSPS) is 11.7. The lowest BCUT2D eigenvalue weighted by molar-refractivity contribution is -0.141. The Morgan fingerprint density at radius 3 is 2.63 bits per heavy atom. The zero-order valence-corrected chi connectivity index (χ0v) is 10.0. The van der Waals surface area contributed by atoms with Crippen LogP contribution in [0.4, 0.5) is 8.78 Å². The highest BCUT2D eigenvalue weighted by atomic mass is 19.1. The fourth-order valence-corrected chi connectivity index (χ4v) is 1.47. The number of carbonyl (C=O) groups excluding carboxylic acids is 1. The van der Waals surface area contributed by atoms with Gasteiger partial charge in [-0.15, -0.1) is 6.58 Å². The number of nitrogens with one attached hydrogen (secondary N) is 1. The molecule has 0 aliphatic rings. The standard InChI is InChI=1S/C13H13F2NO3/c1-2-3-11(13(18)19)16-12(17)6-8-4-5-9(14)7-10(8)15/h2,4-5,7,11H,1,3,6H2,(H,16,17)(H,18,19)/t11-/m1/s1. The molecule has 0 saturated carbocycles. The van der Waals surface area contributed by atoms with Gasteiger partial charge in [0.15, 0.2) is 0 Å². The summed E-state index contributed by atoms with van der Waals surface area (Å²) >= 11 is 0. The number of halogens is 2. The summed E-state index contributed by atoms with van der Waals surface area (Å²) in [6.45, 7) is 3.38. The van der Waals surface area contributed by atoms with Crippen molar-refractivity contribution in [2.75, 3.05) is 0 Å². The Morgan fingerprint density at radius 2 is 2.11 bits per heavy atom. The second-order valence-corrected chi connectivity index (χ2v) is 3.90. The Labute approximate surface area is 108 Å². The molecule has 0 spiro atoms. The Balaban J connectivity index is 2.68. The van der Waals surface area contributed by atoms with E-state index >= 15 is 0 Å². The van der Waals surface area contributed by atoms with Crippen LogP contribution in [0.3, 0.4) is 0 Å². The minimum Gasteiger partial charge on any atom is -0.480 e. The van der Waals surface area contributed by atoms with Crippen molar-refractivity contribution in [3.8, 4) is 0 Å². The van der Waals surface area contributed by atoms with Gasteiger partial charge in [-0.05, 0) is 18.1 Å². The van der Waals surface area contributed by atoms with Crippen LogP contribution in [0.25, 0.3) is 0 Å². The largest absolute Gasteiger partial charge is 0.480 e. The molecule has 1 aromatic carbocycles. The van der Waals surface area contributed by atoms with Crippen molar-refractivity contribution in [3.63, 3.8) is 0 Å². The predicted molar refractivity (Wildman–Crippen MR) is 64.4 cm³/mol. The second kappa shape index (κ2) is 6.63. The molecular formula is C13H13F2NO3. The molecule has 4 nitrogen and oxygen atoms in total. The summed E-state index contributed by atoms with van der Waals surface area (Å²) < 4.78 is 26.0. The SMILES string of the molecule is C=CC[C@@H](NC(=O)Cc1ccc(F)cc1F)C(=O)O. The molecule has 19 heavy (non-hydrogen) atoms. The van der Waals surface area contributed by atoms with Gasteiger partial charge in [0.25, 0.3) is 0 Å². The van der Waals surface area contributed by atoms with Gasteiger partial charge in [0.2, 0.25) is 5.91 Å². The molecule has 0 heterocycles. The molecule has 102 valence electrons. The smallest absolute Gasteiger partial charge is 0.326 e. The number of aliphatic carboxylic acids is 1. The third-order valence-corrected chi connectivity index (χ3v) is 2.40. The van der Waals surface area contributed by atoms with Crippen LogP contribution in [0.1, 0.15) is 12.0 Å². The molecule has 1 amide bonds. The molecule has 6 heteroatoms. The monoisotopic (exact) mass is 269 g/mol. The van der Waals surface area contributed by atoms with Crippen molar-refractivity contribution < 1.29 is 23.5 Å². The Bertz CT molecular complexity index is 503. The minimum atomic E-state index is -1.20. The van der Waals surface area contributed by atoms with E-state index in [1.54, 1.807) is 0 Å². The first-order valence-electron chi connectivity index (χ1n) is 5.51.